The number of benzene rings is 3. The minimum absolute atomic E-state index is 0.0516. The number of sulfone groups is 1. The first-order valence-corrected chi connectivity index (χ1v) is 11.4. The van der Waals surface area contributed by atoms with E-state index in [4.69, 9.17) is 10.5 Å². The number of methoxy groups -OCH3 is 1. The molecule has 3 rings (SSSR count). The lowest BCUT2D eigenvalue weighted by Gasteiger charge is -2.13. The fraction of sp³-hybridized carbons (Fsp3) is 0.250. The summed E-state index contributed by atoms with van der Waals surface area (Å²) in [4.78, 5) is 0.0516. The number of aryl methyl sites for hydroxylation is 2. The van der Waals surface area contributed by atoms with Crippen molar-refractivity contribution in [2.24, 2.45) is 5.73 Å². The van der Waals surface area contributed by atoms with Crippen LogP contribution in [0.25, 0.3) is 11.1 Å². The first-order valence-electron chi connectivity index (χ1n) is 9.79. The molecule has 0 aliphatic carbocycles. The molecule has 0 aliphatic heterocycles. The predicted molar refractivity (Wildman–Crippen MR) is 118 cm³/mol. The van der Waals surface area contributed by atoms with E-state index in [0.717, 1.165) is 24.0 Å². The lowest BCUT2D eigenvalue weighted by atomic mass is 10.0. The van der Waals surface area contributed by atoms with E-state index >= 15 is 0 Å². The van der Waals surface area contributed by atoms with Gasteiger partial charge in [0, 0.05) is 5.56 Å². The molecule has 0 unspecified atom stereocenters. The maximum Gasteiger partial charge on any atom is 0.186 e. The van der Waals surface area contributed by atoms with E-state index in [1.807, 2.05) is 25.1 Å². The van der Waals surface area contributed by atoms with Gasteiger partial charge in [0.05, 0.1) is 12.9 Å². The van der Waals surface area contributed by atoms with Crippen molar-refractivity contribution < 1.29 is 17.5 Å². The summed E-state index contributed by atoms with van der Waals surface area (Å²) in [7, 11) is -2.29. The first-order chi connectivity index (χ1) is 14.3. The van der Waals surface area contributed by atoms with E-state index in [-0.39, 0.29) is 16.4 Å². The summed E-state index contributed by atoms with van der Waals surface area (Å²) in [6.07, 6.45) is 1.64. The normalized spacial score (nSPS) is 11.5. The monoisotopic (exact) mass is 427 g/mol. The fourth-order valence-corrected chi connectivity index (χ4v) is 4.96. The average Bonchev–Trinajstić information content (AvgIpc) is 2.73. The van der Waals surface area contributed by atoms with E-state index in [2.05, 4.69) is 0 Å². The molecular weight excluding hydrogens is 401 g/mol. The van der Waals surface area contributed by atoms with Crippen molar-refractivity contribution in [3.63, 3.8) is 0 Å². The van der Waals surface area contributed by atoms with Gasteiger partial charge in [-0.15, -0.1) is 0 Å². The molecule has 0 amide bonds. The van der Waals surface area contributed by atoms with Crippen molar-refractivity contribution in [2.75, 3.05) is 13.7 Å². The largest absolute Gasteiger partial charge is 0.495 e. The van der Waals surface area contributed by atoms with Crippen LogP contribution < -0.4 is 10.5 Å². The maximum absolute atomic E-state index is 14.4. The third kappa shape index (κ3) is 5.07. The van der Waals surface area contributed by atoms with Crippen molar-refractivity contribution in [3.8, 4) is 16.9 Å². The van der Waals surface area contributed by atoms with Gasteiger partial charge in [-0.2, -0.15) is 0 Å². The molecule has 0 fully saturated rings. The first kappa shape index (κ1) is 22.0. The van der Waals surface area contributed by atoms with Crippen LogP contribution in [0.3, 0.4) is 0 Å². The summed E-state index contributed by atoms with van der Waals surface area (Å²) in [5.74, 6) is -0.327. The highest BCUT2D eigenvalue weighted by Gasteiger charge is 2.22. The second-order valence-electron chi connectivity index (χ2n) is 7.32. The highest BCUT2D eigenvalue weighted by molar-refractivity contribution is 7.90. The van der Waals surface area contributed by atoms with Crippen molar-refractivity contribution in [1.82, 2.24) is 0 Å². The van der Waals surface area contributed by atoms with Crippen molar-refractivity contribution in [3.05, 3.63) is 83.2 Å². The Balaban J connectivity index is 2.00. The molecule has 0 atom stereocenters. The second kappa shape index (κ2) is 9.41. The highest BCUT2D eigenvalue weighted by Crippen LogP contribution is 2.33. The lowest BCUT2D eigenvalue weighted by molar-refractivity contribution is 0.403. The van der Waals surface area contributed by atoms with Crippen LogP contribution in [-0.2, 0) is 22.0 Å². The SMILES string of the molecule is COc1ccc(-c2cc(C)ccc2F)cc1S(=O)(=O)Cc1cccc(CCCN)c1. The molecular formula is C24H26FNO3S. The Kier molecular flexibility index (Phi) is 6.90. The predicted octanol–water partition coefficient (Wildman–Crippen LogP) is 4.67. The van der Waals surface area contributed by atoms with E-state index in [1.54, 1.807) is 30.3 Å². The lowest BCUT2D eigenvalue weighted by Crippen LogP contribution is -2.08. The van der Waals surface area contributed by atoms with E-state index in [0.29, 0.717) is 23.2 Å². The number of ether oxygens (including phenoxy) is 1. The average molecular weight is 428 g/mol. The van der Waals surface area contributed by atoms with E-state index in [1.165, 1.54) is 19.2 Å². The number of nitrogens with two attached hydrogens (primary N) is 1. The molecule has 0 heterocycles. The van der Waals surface area contributed by atoms with Gasteiger partial charge in [0.2, 0.25) is 0 Å². The van der Waals surface area contributed by atoms with E-state index < -0.39 is 15.7 Å². The Morgan fingerprint density at radius 1 is 1.00 bits per heavy atom. The smallest absolute Gasteiger partial charge is 0.186 e. The summed E-state index contributed by atoms with van der Waals surface area (Å²) in [6, 6.07) is 17.0. The van der Waals surface area contributed by atoms with E-state index in [9.17, 15) is 12.8 Å². The van der Waals surface area contributed by atoms with Crippen LogP contribution in [0.15, 0.2) is 65.6 Å². The van der Waals surface area contributed by atoms with Gasteiger partial charge in [-0.05, 0) is 67.3 Å². The van der Waals surface area contributed by atoms with Crippen LogP contribution in [0.5, 0.6) is 5.75 Å². The molecule has 3 aromatic carbocycles. The van der Waals surface area contributed by atoms with Gasteiger partial charge in [-0.3, -0.25) is 0 Å². The quantitative estimate of drug-likeness (QED) is 0.567. The molecule has 0 bridgehead atoms. The Labute approximate surface area is 177 Å². The molecule has 3 aromatic rings. The molecule has 0 aromatic heterocycles. The van der Waals surface area contributed by atoms with Gasteiger partial charge in [-0.25, -0.2) is 12.8 Å². The number of rotatable bonds is 8. The van der Waals surface area contributed by atoms with Crippen LogP contribution in [0, 0.1) is 12.7 Å². The van der Waals surface area contributed by atoms with Crippen molar-refractivity contribution >= 4 is 9.84 Å². The molecule has 30 heavy (non-hydrogen) atoms. The highest BCUT2D eigenvalue weighted by atomic mass is 32.2. The molecule has 0 aliphatic rings. The van der Waals surface area contributed by atoms with Crippen LogP contribution in [0.1, 0.15) is 23.1 Å². The Hall–Kier alpha value is -2.70. The van der Waals surface area contributed by atoms with Crippen molar-refractivity contribution in [1.29, 1.82) is 0 Å². The number of hydrogen-bond donors (Lipinski definition) is 1. The zero-order valence-electron chi connectivity index (χ0n) is 17.2. The Bertz CT molecular complexity index is 1140. The van der Waals surface area contributed by atoms with Gasteiger partial charge in [0.1, 0.15) is 16.5 Å². The minimum Gasteiger partial charge on any atom is -0.495 e. The summed E-state index contributed by atoms with van der Waals surface area (Å²) in [5, 5.41) is 0. The molecule has 0 saturated heterocycles. The van der Waals surface area contributed by atoms with Gasteiger partial charge >= 0.3 is 0 Å². The summed E-state index contributed by atoms with van der Waals surface area (Å²) in [6.45, 7) is 2.45. The molecule has 158 valence electrons. The summed E-state index contributed by atoms with van der Waals surface area (Å²) in [5.41, 5.74) is 9.06. The van der Waals surface area contributed by atoms with Gasteiger partial charge in [-0.1, -0.05) is 42.0 Å². The number of hydrogen-bond acceptors (Lipinski definition) is 4. The second-order valence-corrected chi connectivity index (χ2v) is 9.28. The zero-order valence-corrected chi connectivity index (χ0v) is 18.0. The molecule has 0 radical (unpaired) electrons. The minimum atomic E-state index is -3.72. The van der Waals surface area contributed by atoms with Crippen LogP contribution in [0.2, 0.25) is 0 Å². The summed E-state index contributed by atoms with van der Waals surface area (Å²) >= 11 is 0. The maximum atomic E-state index is 14.4. The van der Waals surface area contributed by atoms with Crippen molar-refractivity contribution in [2.45, 2.75) is 30.4 Å². The third-order valence-corrected chi connectivity index (χ3v) is 6.65. The molecule has 6 heteroatoms. The standard InChI is InChI=1S/C24H26FNO3S/c1-17-8-10-22(25)21(13-17)20-9-11-23(29-2)24(15-20)30(27,28)16-19-6-3-5-18(14-19)7-4-12-26/h3,5-6,8-11,13-15H,4,7,12,16,26H2,1-2H3. The molecule has 0 saturated carbocycles. The summed E-state index contributed by atoms with van der Waals surface area (Å²) < 4.78 is 46.2. The number of halogens is 1. The van der Waals surface area contributed by atoms with Crippen LogP contribution in [-0.4, -0.2) is 22.1 Å². The fourth-order valence-electron chi connectivity index (χ4n) is 3.43. The molecule has 4 nitrogen and oxygen atoms in total. The third-order valence-electron chi connectivity index (χ3n) is 4.95. The Morgan fingerprint density at radius 2 is 1.77 bits per heavy atom. The topological polar surface area (TPSA) is 69.4 Å². The molecule has 2 N–H and O–H groups in total. The van der Waals surface area contributed by atoms with Gasteiger partial charge in [0.15, 0.2) is 9.84 Å². The van der Waals surface area contributed by atoms with Crippen LogP contribution >= 0.6 is 0 Å². The van der Waals surface area contributed by atoms with Crippen LogP contribution in [0.4, 0.5) is 4.39 Å². The van der Waals surface area contributed by atoms with Gasteiger partial charge in [0.25, 0.3) is 0 Å². The van der Waals surface area contributed by atoms with Gasteiger partial charge < -0.3 is 10.5 Å². The Morgan fingerprint density at radius 3 is 2.50 bits per heavy atom. The molecule has 0 spiro atoms. The zero-order chi connectivity index (χ0) is 21.7.